The number of carbonyl (C=O) groups is 1. The number of pyridine rings is 1. The maximum Gasteiger partial charge on any atom is 0.257 e. The molecule has 0 fully saturated rings. The topological polar surface area (TPSA) is 68.0 Å². The first-order valence-electron chi connectivity index (χ1n) is 4.94. The first-order chi connectivity index (χ1) is 8.16. The summed E-state index contributed by atoms with van der Waals surface area (Å²) in [7, 11) is 0. The summed E-state index contributed by atoms with van der Waals surface area (Å²) in [5.41, 5.74) is 7.24. The van der Waals surface area contributed by atoms with Crippen LogP contribution in [0.1, 0.15) is 10.4 Å². The number of nitrogens with two attached hydrogens (primary N) is 1. The predicted octanol–water partition coefficient (Wildman–Crippen LogP) is 2.57. The van der Waals surface area contributed by atoms with Crippen molar-refractivity contribution in [3.8, 4) is 0 Å². The molecule has 1 heterocycles. The van der Waals surface area contributed by atoms with Gasteiger partial charge >= 0.3 is 0 Å². The van der Waals surface area contributed by atoms with Gasteiger partial charge in [0.1, 0.15) is 5.15 Å². The Morgan fingerprint density at radius 2 is 2.00 bits per heavy atom. The highest BCUT2D eigenvalue weighted by molar-refractivity contribution is 6.29. The van der Waals surface area contributed by atoms with Gasteiger partial charge in [-0.15, -0.1) is 0 Å². The third-order valence-corrected chi connectivity index (χ3v) is 2.42. The van der Waals surface area contributed by atoms with Crippen molar-refractivity contribution < 1.29 is 4.79 Å². The third kappa shape index (κ3) is 2.73. The van der Waals surface area contributed by atoms with Crippen LogP contribution in [0.2, 0.25) is 5.15 Å². The van der Waals surface area contributed by atoms with E-state index in [4.69, 9.17) is 17.3 Å². The average molecular weight is 248 g/mol. The number of hydrogen-bond acceptors (Lipinski definition) is 3. The van der Waals surface area contributed by atoms with E-state index in [-0.39, 0.29) is 5.91 Å². The Labute approximate surface area is 103 Å². The van der Waals surface area contributed by atoms with Gasteiger partial charge in [-0.25, -0.2) is 4.98 Å². The van der Waals surface area contributed by atoms with E-state index >= 15 is 0 Å². The molecule has 0 bridgehead atoms. The van der Waals surface area contributed by atoms with Gasteiger partial charge in [0, 0.05) is 6.20 Å². The van der Waals surface area contributed by atoms with Gasteiger partial charge in [0.05, 0.1) is 16.9 Å². The van der Waals surface area contributed by atoms with Gasteiger partial charge < -0.3 is 11.1 Å². The number of anilines is 2. The van der Waals surface area contributed by atoms with Crippen molar-refractivity contribution in [2.75, 3.05) is 11.1 Å². The van der Waals surface area contributed by atoms with Crippen LogP contribution >= 0.6 is 11.6 Å². The highest BCUT2D eigenvalue weighted by Gasteiger charge is 2.07. The molecule has 3 N–H and O–H groups in total. The summed E-state index contributed by atoms with van der Waals surface area (Å²) in [6.45, 7) is 0. The second-order valence-electron chi connectivity index (χ2n) is 3.41. The second-order valence-corrected chi connectivity index (χ2v) is 3.80. The minimum atomic E-state index is -0.271. The molecule has 2 aromatic rings. The molecule has 0 unspecified atom stereocenters. The summed E-state index contributed by atoms with van der Waals surface area (Å²) in [5, 5.41) is 3.05. The van der Waals surface area contributed by atoms with Crippen LogP contribution in [-0.2, 0) is 0 Å². The lowest BCUT2D eigenvalue weighted by Crippen LogP contribution is -2.13. The summed E-state index contributed by atoms with van der Waals surface area (Å²) in [6, 6.07) is 10.2. The molecule has 1 aromatic heterocycles. The Bertz CT molecular complexity index is 540. The van der Waals surface area contributed by atoms with E-state index in [1.807, 2.05) is 0 Å². The quantitative estimate of drug-likeness (QED) is 0.633. The van der Waals surface area contributed by atoms with Crippen molar-refractivity contribution in [1.82, 2.24) is 4.98 Å². The molecule has 4 nitrogen and oxygen atoms in total. The summed E-state index contributed by atoms with van der Waals surface area (Å²) >= 11 is 5.64. The summed E-state index contributed by atoms with van der Waals surface area (Å²) in [4.78, 5) is 15.7. The van der Waals surface area contributed by atoms with Gasteiger partial charge in [-0.2, -0.15) is 0 Å². The van der Waals surface area contributed by atoms with E-state index in [9.17, 15) is 4.79 Å². The van der Waals surface area contributed by atoms with Crippen LogP contribution in [-0.4, -0.2) is 10.9 Å². The zero-order chi connectivity index (χ0) is 12.3. The molecular weight excluding hydrogens is 238 g/mol. The van der Waals surface area contributed by atoms with Crippen molar-refractivity contribution >= 4 is 28.9 Å². The minimum absolute atomic E-state index is 0.271. The fourth-order valence-electron chi connectivity index (χ4n) is 1.32. The van der Waals surface area contributed by atoms with Crippen LogP contribution < -0.4 is 11.1 Å². The number of rotatable bonds is 2. The molecule has 0 saturated carbocycles. The monoisotopic (exact) mass is 247 g/mol. The number of nitrogens with one attached hydrogen (secondary N) is 1. The standard InChI is InChI=1S/C12H10ClN3O/c13-11-6-5-8(7-15-11)12(17)16-10-4-2-1-3-9(10)14/h1-7H,14H2,(H,16,17). The van der Waals surface area contributed by atoms with Gasteiger partial charge in [0.2, 0.25) is 0 Å². The molecule has 0 saturated heterocycles. The molecule has 86 valence electrons. The first-order valence-corrected chi connectivity index (χ1v) is 5.32. The van der Waals surface area contributed by atoms with Gasteiger partial charge in [-0.3, -0.25) is 4.79 Å². The number of para-hydroxylation sites is 2. The number of hydrogen-bond donors (Lipinski definition) is 2. The van der Waals surface area contributed by atoms with Crippen molar-refractivity contribution in [3.63, 3.8) is 0 Å². The number of aromatic nitrogens is 1. The summed E-state index contributed by atoms with van der Waals surface area (Å²) in [6.07, 6.45) is 1.41. The predicted molar refractivity (Wildman–Crippen MR) is 68.1 cm³/mol. The zero-order valence-corrected chi connectivity index (χ0v) is 9.61. The molecule has 1 aromatic carbocycles. The number of carbonyl (C=O) groups excluding carboxylic acids is 1. The van der Waals surface area contributed by atoms with E-state index in [0.29, 0.717) is 22.1 Å². The number of nitrogen functional groups attached to an aromatic ring is 1. The Kier molecular flexibility index (Phi) is 3.25. The fraction of sp³-hybridized carbons (Fsp3) is 0. The summed E-state index contributed by atoms with van der Waals surface area (Å²) < 4.78 is 0. The SMILES string of the molecule is Nc1ccccc1NC(=O)c1ccc(Cl)nc1. The molecule has 17 heavy (non-hydrogen) atoms. The first kappa shape index (κ1) is 11.4. The lowest BCUT2D eigenvalue weighted by atomic mass is 10.2. The molecular formula is C12H10ClN3O. The highest BCUT2D eigenvalue weighted by Crippen LogP contribution is 2.17. The molecule has 0 aliphatic rings. The van der Waals surface area contributed by atoms with E-state index in [0.717, 1.165) is 0 Å². The Hall–Kier alpha value is -2.07. The molecule has 0 spiro atoms. The molecule has 0 radical (unpaired) electrons. The van der Waals surface area contributed by atoms with Gasteiger partial charge in [0.25, 0.3) is 5.91 Å². The van der Waals surface area contributed by atoms with Gasteiger partial charge in [-0.1, -0.05) is 23.7 Å². The zero-order valence-electron chi connectivity index (χ0n) is 8.85. The van der Waals surface area contributed by atoms with E-state index in [2.05, 4.69) is 10.3 Å². The molecule has 0 aliphatic heterocycles. The molecule has 1 amide bonds. The van der Waals surface area contributed by atoms with Crippen LogP contribution in [0, 0.1) is 0 Å². The molecule has 5 heteroatoms. The molecule has 0 atom stereocenters. The Morgan fingerprint density at radius 1 is 1.24 bits per heavy atom. The lowest BCUT2D eigenvalue weighted by Gasteiger charge is -2.07. The second kappa shape index (κ2) is 4.84. The smallest absolute Gasteiger partial charge is 0.257 e. The van der Waals surface area contributed by atoms with Crippen LogP contribution in [0.3, 0.4) is 0 Å². The number of halogens is 1. The highest BCUT2D eigenvalue weighted by atomic mass is 35.5. The van der Waals surface area contributed by atoms with Gasteiger partial charge in [0.15, 0.2) is 0 Å². The van der Waals surface area contributed by atoms with Crippen LogP contribution in [0.25, 0.3) is 0 Å². The van der Waals surface area contributed by atoms with Crippen LogP contribution in [0.4, 0.5) is 11.4 Å². The van der Waals surface area contributed by atoms with E-state index in [1.165, 1.54) is 6.20 Å². The molecule has 0 aliphatic carbocycles. The number of nitrogens with zero attached hydrogens (tertiary/aromatic N) is 1. The lowest BCUT2D eigenvalue weighted by molar-refractivity contribution is 0.102. The maximum absolute atomic E-state index is 11.8. The normalized spacial score (nSPS) is 9.94. The average Bonchev–Trinajstić information content (AvgIpc) is 2.33. The van der Waals surface area contributed by atoms with Crippen molar-refractivity contribution in [3.05, 3.63) is 53.3 Å². The molecule has 2 rings (SSSR count). The number of amides is 1. The number of benzene rings is 1. The Balaban J connectivity index is 2.17. The van der Waals surface area contributed by atoms with Crippen molar-refractivity contribution in [2.24, 2.45) is 0 Å². The maximum atomic E-state index is 11.8. The van der Waals surface area contributed by atoms with Crippen LogP contribution in [0.15, 0.2) is 42.6 Å². The largest absolute Gasteiger partial charge is 0.397 e. The van der Waals surface area contributed by atoms with Crippen molar-refractivity contribution in [2.45, 2.75) is 0 Å². The summed E-state index contributed by atoms with van der Waals surface area (Å²) in [5.74, 6) is -0.271. The Morgan fingerprint density at radius 3 is 2.65 bits per heavy atom. The minimum Gasteiger partial charge on any atom is -0.397 e. The van der Waals surface area contributed by atoms with E-state index in [1.54, 1.807) is 36.4 Å². The van der Waals surface area contributed by atoms with E-state index < -0.39 is 0 Å². The third-order valence-electron chi connectivity index (χ3n) is 2.20. The fourth-order valence-corrected chi connectivity index (χ4v) is 1.43. The van der Waals surface area contributed by atoms with Gasteiger partial charge in [-0.05, 0) is 24.3 Å². The van der Waals surface area contributed by atoms with Crippen LogP contribution in [0.5, 0.6) is 0 Å². The van der Waals surface area contributed by atoms with Crippen molar-refractivity contribution in [1.29, 1.82) is 0 Å².